The quantitative estimate of drug-likeness (QED) is 0.864. The van der Waals surface area contributed by atoms with Crippen molar-refractivity contribution in [3.05, 3.63) is 16.1 Å². The highest BCUT2D eigenvalue weighted by atomic mass is 32.1. The van der Waals surface area contributed by atoms with E-state index in [0.29, 0.717) is 0 Å². The van der Waals surface area contributed by atoms with Crippen LogP contribution in [0, 0.1) is 0 Å². The van der Waals surface area contributed by atoms with Gasteiger partial charge in [-0.15, -0.1) is 11.3 Å². The second kappa shape index (κ2) is 5.90. The number of aromatic nitrogens is 1. The van der Waals surface area contributed by atoms with E-state index in [2.05, 4.69) is 17.2 Å². The summed E-state index contributed by atoms with van der Waals surface area (Å²) in [6.45, 7) is 3.86. The first-order valence-electron chi connectivity index (χ1n) is 7.65. The Hall–Kier alpha value is -0.450. The van der Waals surface area contributed by atoms with E-state index in [1.54, 1.807) is 0 Å². The average molecular weight is 280 g/mol. The van der Waals surface area contributed by atoms with Crippen molar-refractivity contribution in [1.82, 2.24) is 10.3 Å². The van der Waals surface area contributed by atoms with E-state index in [9.17, 15) is 0 Å². The van der Waals surface area contributed by atoms with Gasteiger partial charge < -0.3 is 10.1 Å². The van der Waals surface area contributed by atoms with Gasteiger partial charge in [-0.1, -0.05) is 19.3 Å². The van der Waals surface area contributed by atoms with Crippen LogP contribution in [0.25, 0.3) is 0 Å². The molecular weight excluding hydrogens is 256 g/mol. The number of thiazole rings is 1. The SMILES string of the molecule is CCOC1(c2ncc(CNC3CC3)s2)CCCCC1. The smallest absolute Gasteiger partial charge is 0.125 e. The molecule has 19 heavy (non-hydrogen) atoms. The van der Waals surface area contributed by atoms with Gasteiger partial charge in [0.15, 0.2) is 0 Å². The van der Waals surface area contributed by atoms with Gasteiger partial charge in [-0.05, 0) is 32.6 Å². The van der Waals surface area contributed by atoms with E-state index in [4.69, 9.17) is 4.74 Å². The highest BCUT2D eigenvalue weighted by Crippen LogP contribution is 2.42. The van der Waals surface area contributed by atoms with Gasteiger partial charge in [0.1, 0.15) is 10.6 Å². The lowest BCUT2D eigenvalue weighted by Gasteiger charge is -2.35. The molecule has 1 aromatic rings. The van der Waals surface area contributed by atoms with Crippen molar-refractivity contribution in [2.75, 3.05) is 6.61 Å². The van der Waals surface area contributed by atoms with Gasteiger partial charge >= 0.3 is 0 Å². The van der Waals surface area contributed by atoms with Crippen LogP contribution in [-0.2, 0) is 16.9 Å². The molecule has 0 unspecified atom stereocenters. The first-order chi connectivity index (χ1) is 9.32. The van der Waals surface area contributed by atoms with Crippen LogP contribution in [0.2, 0.25) is 0 Å². The molecule has 0 atom stereocenters. The minimum absolute atomic E-state index is 0.0739. The van der Waals surface area contributed by atoms with Crippen LogP contribution in [0.15, 0.2) is 6.20 Å². The summed E-state index contributed by atoms with van der Waals surface area (Å²) in [5.74, 6) is 0. The van der Waals surface area contributed by atoms with Crippen molar-refractivity contribution >= 4 is 11.3 Å². The highest BCUT2D eigenvalue weighted by molar-refractivity contribution is 7.11. The lowest BCUT2D eigenvalue weighted by atomic mass is 9.85. The summed E-state index contributed by atoms with van der Waals surface area (Å²) in [6.07, 6.45) is 10.9. The Morgan fingerprint density at radius 2 is 2.16 bits per heavy atom. The van der Waals surface area contributed by atoms with Crippen LogP contribution in [0.3, 0.4) is 0 Å². The highest BCUT2D eigenvalue weighted by Gasteiger charge is 2.37. The first kappa shape index (κ1) is 13.5. The summed E-state index contributed by atoms with van der Waals surface area (Å²) in [5.41, 5.74) is -0.0739. The van der Waals surface area contributed by atoms with Gasteiger partial charge in [0.25, 0.3) is 0 Å². The minimum Gasteiger partial charge on any atom is -0.368 e. The molecule has 0 aliphatic heterocycles. The maximum atomic E-state index is 6.14. The third kappa shape index (κ3) is 3.18. The summed E-state index contributed by atoms with van der Waals surface area (Å²) in [4.78, 5) is 6.04. The number of nitrogens with zero attached hydrogens (tertiary/aromatic N) is 1. The number of hydrogen-bond donors (Lipinski definition) is 1. The van der Waals surface area contributed by atoms with E-state index in [1.165, 1.54) is 42.0 Å². The fraction of sp³-hybridized carbons (Fsp3) is 0.800. The van der Waals surface area contributed by atoms with Crippen LogP contribution in [0.4, 0.5) is 0 Å². The van der Waals surface area contributed by atoms with E-state index < -0.39 is 0 Å². The van der Waals surface area contributed by atoms with Crippen LogP contribution in [-0.4, -0.2) is 17.6 Å². The Kier molecular flexibility index (Phi) is 4.20. The van der Waals surface area contributed by atoms with Crippen LogP contribution >= 0.6 is 11.3 Å². The molecule has 0 radical (unpaired) electrons. The van der Waals surface area contributed by atoms with Gasteiger partial charge in [0, 0.05) is 30.3 Å². The van der Waals surface area contributed by atoms with Gasteiger partial charge in [0.05, 0.1) is 0 Å². The molecule has 2 aliphatic rings. The molecule has 3 rings (SSSR count). The average Bonchev–Trinajstić information content (AvgIpc) is 3.14. The molecule has 106 valence electrons. The lowest BCUT2D eigenvalue weighted by Crippen LogP contribution is -2.32. The maximum Gasteiger partial charge on any atom is 0.125 e. The van der Waals surface area contributed by atoms with Gasteiger partial charge in [-0.3, -0.25) is 0 Å². The number of nitrogens with one attached hydrogen (secondary N) is 1. The van der Waals surface area contributed by atoms with Gasteiger partial charge in [0.2, 0.25) is 0 Å². The van der Waals surface area contributed by atoms with Gasteiger partial charge in [-0.2, -0.15) is 0 Å². The van der Waals surface area contributed by atoms with Crippen molar-refractivity contribution in [1.29, 1.82) is 0 Å². The zero-order valence-electron chi connectivity index (χ0n) is 11.8. The molecule has 2 saturated carbocycles. The Labute approximate surface area is 119 Å². The molecule has 0 amide bonds. The van der Waals surface area contributed by atoms with E-state index in [0.717, 1.165) is 32.0 Å². The molecule has 2 aliphatic carbocycles. The van der Waals surface area contributed by atoms with E-state index in [1.807, 2.05) is 17.5 Å². The summed E-state index contributed by atoms with van der Waals surface area (Å²) >= 11 is 1.85. The van der Waals surface area contributed by atoms with E-state index in [-0.39, 0.29) is 5.60 Å². The Morgan fingerprint density at radius 3 is 2.84 bits per heavy atom. The normalized spacial score (nSPS) is 22.6. The van der Waals surface area contributed by atoms with Crippen molar-refractivity contribution < 1.29 is 4.74 Å². The fourth-order valence-corrected chi connectivity index (χ4v) is 4.02. The van der Waals surface area contributed by atoms with E-state index >= 15 is 0 Å². The summed E-state index contributed by atoms with van der Waals surface area (Å²) in [7, 11) is 0. The van der Waals surface area contributed by atoms with Crippen LogP contribution in [0.5, 0.6) is 0 Å². The Morgan fingerprint density at radius 1 is 1.37 bits per heavy atom. The zero-order valence-corrected chi connectivity index (χ0v) is 12.6. The molecule has 0 aromatic carbocycles. The van der Waals surface area contributed by atoms with Gasteiger partial charge in [-0.25, -0.2) is 4.98 Å². The van der Waals surface area contributed by atoms with Crippen molar-refractivity contribution in [2.24, 2.45) is 0 Å². The van der Waals surface area contributed by atoms with Crippen LogP contribution < -0.4 is 5.32 Å². The first-order valence-corrected chi connectivity index (χ1v) is 8.46. The molecule has 4 heteroatoms. The van der Waals surface area contributed by atoms with Crippen molar-refractivity contribution in [3.63, 3.8) is 0 Å². The Bertz CT molecular complexity index is 403. The molecule has 1 aromatic heterocycles. The zero-order chi connectivity index (χ0) is 13.1. The summed E-state index contributed by atoms with van der Waals surface area (Å²) in [5, 5.41) is 4.77. The monoisotopic (exact) mass is 280 g/mol. The number of hydrogen-bond acceptors (Lipinski definition) is 4. The maximum absolute atomic E-state index is 6.14. The second-order valence-electron chi connectivity index (χ2n) is 5.77. The second-order valence-corrected chi connectivity index (χ2v) is 6.89. The predicted molar refractivity (Wildman–Crippen MR) is 78.4 cm³/mol. The summed E-state index contributed by atoms with van der Waals surface area (Å²) in [6, 6.07) is 0.765. The standard InChI is InChI=1S/C15H24N2OS/c1-2-18-15(8-4-3-5-9-15)14-17-11-13(19-14)10-16-12-6-7-12/h11-12,16H,2-10H2,1H3. The number of rotatable bonds is 6. The fourth-order valence-electron chi connectivity index (χ4n) is 2.95. The molecule has 0 bridgehead atoms. The van der Waals surface area contributed by atoms with Crippen LogP contribution in [0.1, 0.15) is 61.8 Å². The molecule has 1 N–H and O–H groups in total. The molecule has 1 heterocycles. The third-order valence-corrected chi connectivity index (χ3v) is 5.35. The predicted octanol–water partition coefficient (Wildman–Crippen LogP) is 3.59. The summed E-state index contributed by atoms with van der Waals surface area (Å²) < 4.78 is 6.14. The molecule has 0 saturated heterocycles. The molecule has 2 fully saturated rings. The third-order valence-electron chi connectivity index (χ3n) is 4.17. The topological polar surface area (TPSA) is 34.1 Å². The molecule has 0 spiro atoms. The molecular formula is C15H24N2OS. The molecule has 3 nitrogen and oxygen atoms in total. The minimum atomic E-state index is -0.0739. The van der Waals surface area contributed by atoms with Crippen molar-refractivity contribution in [2.45, 2.75) is 70.1 Å². The number of ether oxygens (including phenoxy) is 1. The largest absolute Gasteiger partial charge is 0.368 e. The lowest BCUT2D eigenvalue weighted by molar-refractivity contribution is -0.0704. The Balaban J connectivity index is 1.70. The van der Waals surface area contributed by atoms with Crippen molar-refractivity contribution in [3.8, 4) is 0 Å².